The maximum absolute atomic E-state index is 14.1. The van der Waals surface area contributed by atoms with Gasteiger partial charge >= 0.3 is 6.03 Å². The lowest BCUT2D eigenvalue weighted by Crippen LogP contribution is -2.44. The number of nitrogens with zero attached hydrogens (tertiary/aromatic N) is 1. The zero-order valence-electron chi connectivity index (χ0n) is 15.5. The van der Waals surface area contributed by atoms with E-state index in [0.29, 0.717) is 10.5 Å². The Kier molecular flexibility index (Phi) is 5.58. The molecular weight excluding hydrogens is 387 g/mol. The number of benzene rings is 2. The Bertz CT molecular complexity index is 982. The van der Waals surface area contributed by atoms with Gasteiger partial charge in [0.1, 0.15) is 29.5 Å². The van der Waals surface area contributed by atoms with E-state index < -0.39 is 47.4 Å². The first-order chi connectivity index (χ1) is 13.7. The van der Waals surface area contributed by atoms with E-state index in [0.717, 1.165) is 18.2 Å². The third-order valence-corrected chi connectivity index (χ3v) is 4.72. The van der Waals surface area contributed by atoms with Crippen molar-refractivity contribution in [3.63, 3.8) is 0 Å². The molecule has 0 aliphatic carbocycles. The molecule has 1 aliphatic heterocycles. The number of imide groups is 1. The standard InChI is InChI=1S/C20H18F3N3O3/c1-20(14-10-13(21)6-7-16(14)23)18(28)26(19(29)25-20)11-17(27)24-9-8-12-4-2-3-5-15(12)22/h2-7,10H,8-9,11H2,1H3,(H,24,27)(H,25,29)/t20-/m0/s1. The summed E-state index contributed by atoms with van der Waals surface area (Å²) in [5.41, 5.74) is -1.76. The molecule has 6 nitrogen and oxygen atoms in total. The average Bonchev–Trinajstić information content (AvgIpc) is 2.89. The summed E-state index contributed by atoms with van der Waals surface area (Å²) in [4.78, 5) is 37.6. The second kappa shape index (κ2) is 7.94. The molecule has 1 heterocycles. The van der Waals surface area contributed by atoms with Gasteiger partial charge in [-0.2, -0.15) is 0 Å². The number of amides is 4. The fourth-order valence-electron chi connectivity index (χ4n) is 3.14. The minimum atomic E-state index is -1.84. The number of urea groups is 1. The third-order valence-electron chi connectivity index (χ3n) is 4.72. The van der Waals surface area contributed by atoms with Crippen molar-refractivity contribution in [3.05, 3.63) is 71.0 Å². The lowest BCUT2D eigenvalue weighted by Gasteiger charge is -2.22. The van der Waals surface area contributed by atoms with Gasteiger partial charge in [-0.1, -0.05) is 18.2 Å². The van der Waals surface area contributed by atoms with E-state index in [1.54, 1.807) is 18.2 Å². The molecule has 2 aromatic rings. The van der Waals surface area contributed by atoms with Crippen LogP contribution in [0.5, 0.6) is 0 Å². The second-order valence-corrected chi connectivity index (χ2v) is 6.76. The summed E-state index contributed by atoms with van der Waals surface area (Å²) in [6.07, 6.45) is 0.227. The molecular formula is C20H18F3N3O3. The van der Waals surface area contributed by atoms with E-state index in [-0.39, 0.29) is 18.5 Å². The topological polar surface area (TPSA) is 78.5 Å². The number of hydrogen-bond acceptors (Lipinski definition) is 3. The molecule has 0 spiro atoms. The van der Waals surface area contributed by atoms with Crippen molar-refractivity contribution in [2.45, 2.75) is 18.9 Å². The van der Waals surface area contributed by atoms with Crippen LogP contribution in [0.2, 0.25) is 0 Å². The summed E-state index contributed by atoms with van der Waals surface area (Å²) < 4.78 is 41.2. The van der Waals surface area contributed by atoms with Crippen LogP contribution < -0.4 is 10.6 Å². The molecule has 1 fully saturated rings. The summed E-state index contributed by atoms with van der Waals surface area (Å²) >= 11 is 0. The number of nitrogens with one attached hydrogen (secondary N) is 2. The predicted molar refractivity (Wildman–Crippen MR) is 97.1 cm³/mol. The molecule has 2 N–H and O–H groups in total. The first-order valence-electron chi connectivity index (χ1n) is 8.82. The van der Waals surface area contributed by atoms with Crippen LogP contribution in [0.3, 0.4) is 0 Å². The van der Waals surface area contributed by atoms with Gasteiger partial charge in [-0.25, -0.2) is 18.0 Å². The SMILES string of the molecule is C[C@@]1(c2cc(F)ccc2F)NC(=O)N(CC(=O)NCCc2ccccc2F)C1=O. The monoisotopic (exact) mass is 405 g/mol. The molecule has 2 aromatic carbocycles. The summed E-state index contributed by atoms with van der Waals surface area (Å²) in [5.74, 6) is -3.55. The highest BCUT2D eigenvalue weighted by Crippen LogP contribution is 2.31. The van der Waals surface area contributed by atoms with Crippen molar-refractivity contribution in [1.29, 1.82) is 0 Å². The maximum Gasteiger partial charge on any atom is 0.325 e. The van der Waals surface area contributed by atoms with Gasteiger partial charge in [0.15, 0.2) is 0 Å². The fraction of sp³-hybridized carbons (Fsp3) is 0.250. The Hall–Kier alpha value is -3.36. The Labute approximate surface area is 164 Å². The minimum Gasteiger partial charge on any atom is -0.354 e. The molecule has 1 saturated heterocycles. The van der Waals surface area contributed by atoms with E-state index in [2.05, 4.69) is 10.6 Å². The molecule has 29 heavy (non-hydrogen) atoms. The lowest BCUT2D eigenvalue weighted by molar-refractivity contribution is -0.134. The lowest BCUT2D eigenvalue weighted by atomic mass is 9.91. The molecule has 0 radical (unpaired) electrons. The van der Waals surface area contributed by atoms with Gasteiger partial charge in [-0.3, -0.25) is 14.5 Å². The molecule has 1 atom stereocenters. The first-order valence-corrected chi connectivity index (χ1v) is 8.82. The molecule has 1 aliphatic rings. The Morgan fingerprint density at radius 2 is 1.83 bits per heavy atom. The largest absolute Gasteiger partial charge is 0.354 e. The van der Waals surface area contributed by atoms with E-state index in [9.17, 15) is 27.6 Å². The normalized spacial score (nSPS) is 18.7. The van der Waals surface area contributed by atoms with Gasteiger partial charge < -0.3 is 10.6 Å². The van der Waals surface area contributed by atoms with Crippen LogP contribution in [0.25, 0.3) is 0 Å². The van der Waals surface area contributed by atoms with Crippen LogP contribution in [0.4, 0.5) is 18.0 Å². The van der Waals surface area contributed by atoms with Gasteiger partial charge in [-0.05, 0) is 43.2 Å². The quantitative estimate of drug-likeness (QED) is 0.724. The van der Waals surface area contributed by atoms with Crippen molar-refractivity contribution in [1.82, 2.24) is 15.5 Å². The number of rotatable bonds is 6. The number of carbonyl (C=O) groups is 3. The van der Waals surface area contributed by atoms with Crippen molar-refractivity contribution in [2.24, 2.45) is 0 Å². The summed E-state index contributed by atoms with van der Waals surface area (Å²) in [6.45, 7) is 0.731. The summed E-state index contributed by atoms with van der Waals surface area (Å²) in [7, 11) is 0. The highest BCUT2D eigenvalue weighted by Gasteiger charge is 2.50. The molecule has 152 valence electrons. The Balaban J connectivity index is 1.65. The second-order valence-electron chi connectivity index (χ2n) is 6.76. The van der Waals surface area contributed by atoms with Crippen LogP contribution in [-0.4, -0.2) is 35.8 Å². The first kappa shape index (κ1) is 20.4. The molecule has 0 saturated carbocycles. The smallest absolute Gasteiger partial charge is 0.325 e. The van der Waals surface area contributed by atoms with Crippen LogP contribution in [0, 0.1) is 17.5 Å². The van der Waals surface area contributed by atoms with Gasteiger partial charge in [0.25, 0.3) is 5.91 Å². The number of carbonyl (C=O) groups excluding carboxylic acids is 3. The van der Waals surface area contributed by atoms with Gasteiger partial charge in [0, 0.05) is 12.1 Å². The Morgan fingerprint density at radius 1 is 1.10 bits per heavy atom. The molecule has 3 rings (SSSR count). The fourth-order valence-corrected chi connectivity index (χ4v) is 3.14. The van der Waals surface area contributed by atoms with E-state index in [4.69, 9.17) is 0 Å². The van der Waals surface area contributed by atoms with Crippen molar-refractivity contribution < 1.29 is 27.6 Å². The number of hydrogen-bond donors (Lipinski definition) is 2. The van der Waals surface area contributed by atoms with Crippen molar-refractivity contribution in [3.8, 4) is 0 Å². The zero-order valence-corrected chi connectivity index (χ0v) is 15.5. The molecule has 9 heteroatoms. The highest BCUT2D eigenvalue weighted by atomic mass is 19.1. The minimum absolute atomic E-state index is 0.0964. The summed E-state index contributed by atoms with van der Waals surface area (Å²) in [5, 5.41) is 4.81. The van der Waals surface area contributed by atoms with Crippen molar-refractivity contribution in [2.75, 3.05) is 13.1 Å². The highest BCUT2D eigenvalue weighted by molar-refractivity contribution is 6.09. The molecule has 4 amide bonds. The molecule has 0 bridgehead atoms. The Morgan fingerprint density at radius 3 is 2.55 bits per heavy atom. The third kappa shape index (κ3) is 4.08. The summed E-state index contributed by atoms with van der Waals surface area (Å²) in [6, 6.07) is 7.77. The average molecular weight is 405 g/mol. The van der Waals surface area contributed by atoms with Crippen LogP contribution >= 0.6 is 0 Å². The van der Waals surface area contributed by atoms with Gasteiger partial charge in [0.2, 0.25) is 5.91 Å². The number of halogens is 3. The predicted octanol–water partition coefficient (Wildman–Crippen LogP) is 2.23. The van der Waals surface area contributed by atoms with E-state index in [1.165, 1.54) is 13.0 Å². The zero-order chi connectivity index (χ0) is 21.2. The van der Waals surface area contributed by atoms with Crippen LogP contribution in [0.15, 0.2) is 42.5 Å². The van der Waals surface area contributed by atoms with Crippen LogP contribution in [0.1, 0.15) is 18.1 Å². The van der Waals surface area contributed by atoms with Gasteiger partial charge in [0.05, 0.1) is 0 Å². The molecule has 0 aromatic heterocycles. The van der Waals surface area contributed by atoms with E-state index >= 15 is 0 Å². The maximum atomic E-state index is 14.1. The van der Waals surface area contributed by atoms with Crippen molar-refractivity contribution >= 4 is 17.8 Å². The van der Waals surface area contributed by atoms with E-state index in [1.807, 2.05) is 0 Å². The van der Waals surface area contributed by atoms with Gasteiger partial charge in [-0.15, -0.1) is 0 Å². The van der Waals surface area contributed by atoms with Crippen LogP contribution in [-0.2, 0) is 21.5 Å². The molecule has 0 unspecified atom stereocenters.